The van der Waals surface area contributed by atoms with E-state index in [-0.39, 0.29) is 29.3 Å². The molecule has 2 aromatic rings. The highest BCUT2D eigenvalue weighted by Crippen LogP contribution is 2.44. The fourth-order valence-corrected chi connectivity index (χ4v) is 4.59. The van der Waals surface area contributed by atoms with Gasteiger partial charge in [-0.05, 0) is 43.7 Å². The number of carbonyl (C=O) groups excluding carboxylic acids is 2. The lowest BCUT2D eigenvalue weighted by Gasteiger charge is -2.36. The summed E-state index contributed by atoms with van der Waals surface area (Å²) in [6, 6.07) is 7.49. The molecule has 0 saturated carbocycles. The number of amides is 1. The molecule has 1 unspecified atom stereocenters. The summed E-state index contributed by atoms with van der Waals surface area (Å²) in [5.41, 5.74) is 1.47. The highest BCUT2D eigenvalue weighted by atomic mass is 16.6. The molecule has 1 amide bonds. The fraction of sp³-hybridized carbons (Fsp3) is 0.462. The van der Waals surface area contributed by atoms with E-state index >= 15 is 0 Å². The van der Waals surface area contributed by atoms with Crippen LogP contribution in [0.2, 0.25) is 0 Å². The van der Waals surface area contributed by atoms with Crippen molar-refractivity contribution in [2.75, 3.05) is 6.54 Å². The molecule has 0 radical (unpaired) electrons. The van der Waals surface area contributed by atoms with Crippen LogP contribution in [0.25, 0.3) is 11.0 Å². The zero-order chi connectivity index (χ0) is 22.6. The molecule has 1 N–H and O–H groups in total. The van der Waals surface area contributed by atoms with Gasteiger partial charge in [0.1, 0.15) is 11.8 Å². The number of nitrogens with one attached hydrogen (secondary N) is 1. The van der Waals surface area contributed by atoms with Crippen LogP contribution in [0.4, 0.5) is 0 Å². The van der Waals surface area contributed by atoms with Crippen molar-refractivity contribution in [1.29, 1.82) is 0 Å². The van der Waals surface area contributed by atoms with Crippen molar-refractivity contribution in [2.45, 2.75) is 52.1 Å². The van der Waals surface area contributed by atoms with Gasteiger partial charge in [-0.1, -0.05) is 56.7 Å². The van der Waals surface area contributed by atoms with Crippen LogP contribution in [-0.2, 0) is 9.53 Å². The minimum atomic E-state index is -0.292. The molecule has 32 heavy (non-hydrogen) atoms. The number of benzene rings is 1. The van der Waals surface area contributed by atoms with Gasteiger partial charge in [-0.2, -0.15) is 0 Å². The highest BCUT2D eigenvalue weighted by Gasteiger charge is 2.46. The van der Waals surface area contributed by atoms with Crippen LogP contribution in [0.3, 0.4) is 0 Å². The third-order valence-electron chi connectivity index (χ3n) is 6.55. The molecule has 1 aliphatic carbocycles. The maximum absolute atomic E-state index is 12.7. The first-order chi connectivity index (χ1) is 15.5. The first-order valence-electron chi connectivity index (χ1n) is 11.5. The lowest BCUT2D eigenvalue weighted by Crippen LogP contribution is -2.38. The van der Waals surface area contributed by atoms with Crippen LogP contribution in [-0.4, -0.2) is 34.5 Å². The molecule has 6 heteroatoms. The van der Waals surface area contributed by atoms with Crippen molar-refractivity contribution in [3.8, 4) is 0 Å². The monoisotopic (exact) mass is 433 g/mol. The Morgan fingerprint density at radius 1 is 1.25 bits per heavy atom. The van der Waals surface area contributed by atoms with Gasteiger partial charge in [-0.3, -0.25) is 14.6 Å². The van der Waals surface area contributed by atoms with E-state index in [0.29, 0.717) is 30.1 Å². The van der Waals surface area contributed by atoms with Crippen molar-refractivity contribution in [3.63, 3.8) is 0 Å². The van der Waals surface area contributed by atoms with Crippen molar-refractivity contribution in [3.05, 3.63) is 60.5 Å². The highest BCUT2D eigenvalue weighted by molar-refractivity contribution is 5.93. The van der Waals surface area contributed by atoms with Crippen LogP contribution in [0, 0.1) is 17.3 Å². The summed E-state index contributed by atoms with van der Waals surface area (Å²) in [5, 5.41) is 2.98. The molecule has 1 aromatic carbocycles. The molecular weight excluding hydrogens is 402 g/mol. The SMILES string of the molecule is CC(C)CC[C@@H]1CC([C@@]2(CCNC(=O)c3cnc4ccccc4n3)C=CC=CC2)OC1=O. The summed E-state index contributed by atoms with van der Waals surface area (Å²) in [7, 11) is 0. The summed E-state index contributed by atoms with van der Waals surface area (Å²) < 4.78 is 5.88. The average molecular weight is 434 g/mol. The quantitative estimate of drug-likeness (QED) is 0.615. The Kier molecular flexibility index (Phi) is 6.68. The molecule has 1 aromatic heterocycles. The zero-order valence-corrected chi connectivity index (χ0v) is 18.8. The van der Waals surface area contributed by atoms with Gasteiger partial charge >= 0.3 is 5.97 Å². The van der Waals surface area contributed by atoms with E-state index in [1.807, 2.05) is 36.4 Å². The molecular formula is C26H31N3O3. The number of carbonyl (C=O) groups is 2. The predicted octanol–water partition coefficient (Wildman–Crippen LogP) is 4.62. The zero-order valence-electron chi connectivity index (χ0n) is 18.8. The van der Waals surface area contributed by atoms with Gasteiger partial charge in [0.05, 0.1) is 23.1 Å². The van der Waals surface area contributed by atoms with Crippen molar-refractivity contribution in [1.82, 2.24) is 15.3 Å². The summed E-state index contributed by atoms with van der Waals surface area (Å²) in [5.74, 6) is 0.225. The van der Waals surface area contributed by atoms with E-state index in [9.17, 15) is 9.59 Å². The summed E-state index contributed by atoms with van der Waals surface area (Å²) >= 11 is 0. The Bertz CT molecular complexity index is 1050. The maximum atomic E-state index is 12.7. The van der Waals surface area contributed by atoms with Crippen LogP contribution >= 0.6 is 0 Å². The van der Waals surface area contributed by atoms with E-state index in [4.69, 9.17) is 4.74 Å². The third kappa shape index (κ3) is 4.90. The predicted molar refractivity (Wildman–Crippen MR) is 124 cm³/mol. The number of aromatic nitrogens is 2. The van der Waals surface area contributed by atoms with Gasteiger partial charge in [-0.15, -0.1) is 0 Å². The minimum Gasteiger partial charge on any atom is -0.461 e. The Morgan fingerprint density at radius 3 is 2.81 bits per heavy atom. The molecule has 1 fully saturated rings. The summed E-state index contributed by atoms with van der Waals surface area (Å²) in [4.78, 5) is 33.9. The second-order valence-electron chi connectivity index (χ2n) is 9.30. The second-order valence-corrected chi connectivity index (χ2v) is 9.30. The Balaban J connectivity index is 1.39. The number of ether oxygens (including phenoxy) is 1. The first kappa shape index (κ1) is 22.2. The van der Waals surface area contributed by atoms with Gasteiger partial charge in [0.25, 0.3) is 5.91 Å². The van der Waals surface area contributed by atoms with E-state index in [1.54, 1.807) is 0 Å². The normalized spacial score (nSPS) is 24.8. The number of cyclic esters (lactones) is 1. The lowest BCUT2D eigenvalue weighted by atomic mass is 9.72. The van der Waals surface area contributed by atoms with E-state index in [2.05, 4.69) is 41.3 Å². The molecule has 1 aliphatic heterocycles. The number of rotatable bonds is 8. The smallest absolute Gasteiger partial charge is 0.309 e. The largest absolute Gasteiger partial charge is 0.461 e. The average Bonchev–Trinajstić information content (AvgIpc) is 3.19. The molecule has 3 atom stereocenters. The number of allylic oxidation sites excluding steroid dienone is 3. The number of hydrogen-bond acceptors (Lipinski definition) is 5. The number of para-hydroxylation sites is 2. The third-order valence-corrected chi connectivity index (χ3v) is 6.55. The topological polar surface area (TPSA) is 81.2 Å². The van der Waals surface area contributed by atoms with E-state index in [0.717, 1.165) is 31.2 Å². The van der Waals surface area contributed by atoms with Gasteiger partial charge < -0.3 is 10.1 Å². The molecule has 6 nitrogen and oxygen atoms in total. The fourth-order valence-electron chi connectivity index (χ4n) is 4.59. The number of esters is 1. The van der Waals surface area contributed by atoms with Crippen LogP contribution in [0.5, 0.6) is 0 Å². The van der Waals surface area contributed by atoms with Gasteiger partial charge in [-0.25, -0.2) is 4.98 Å². The van der Waals surface area contributed by atoms with Gasteiger partial charge in [0, 0.05) is 12.0 Å². The van der Waals surface area contributed by atoms with Gasteiger partial charge in [0.2, 0.25) is 0 Å². The molecule has 2 heterocycles. The summed E-state index contributed by atoms with van der Waals surface area (Å²) in [6.07, 6.45) is 13.8. The summed E-state index contributed by atoms with van der Waals surface area (Å²) in [6.45, 7) is 4.82. The number of fused-ring (bicyclic) bond motifs is 1. The van der Waals surface area contributed by atoms with Crippen molar-refractivity contribution >= 4 is 22.9 Å². The Hall–Kier alpha value is -3.02. The number of nitrogens with zero attached hydrogens (tertiary/aromatic N) is 2. The van der Waals surface area contributed by atoms with Crippen molar-refractivity contribution in [2.24, 2.45) is 17.3 Å². The molecule has 0 spiro atoms. The van der Waals surface area contributed by atoms with Crippen molar-refractivity contribution < 1.29 is 14.3 Å². The molecule has 1 saturated heterocycles. The van der Waals surface area contributed by atoms with Gasteiger partial charge in [0.15, 0.2) is 0 Å². The lowest BCUT2D eigenvalue weighted by molar-refractivity contribution is -0.147. The first-order valence-corrected chi connectivity index (χ1v) is 11.5. The van der Waals surface area contributed by atoms with E-state index in [1.165, 1.54) is 6.20 Å². The maximum Gasteiger partial charge on any atom is 0.309 e. The molecule has 4 rings (SSSR count). The minimum absolute atomic E-state index is 0.0268. The second kappa shape index (κ2) is 9.63. The van der Waals surface area contributed by atoms with E-state index < -0.39 is 0 Å². The van der Waals surface area contributed by atoms with Crippen LogP contribution in [0.15, 0.2) is 54.8 Å². The Morgan fingerprint density at radius 2 is 2.06 bits per heavy atom. The van der Waals surface area contributed by atoms with Crippen LogP contribution < -0.4 is 5.32 Å². The Labute approximate surface area is 189 Å². The standard InChI is InChI=1S/C26H31N3O3/c1-18(2)10-11-19-16-23(32-25(19)31)26(12-6-3-7-13-26)14-15-27-24(30)22-17-28-20-8-4-5-9-21(20)29-22/h3-9,12,17-19,23H,10-11,13-16H2,1-2H3,(H,27,30)/t19-,23?,26+/m1/s1. The molecule has 168 valence electrons. The molecule has 2 aliphatic rings. The number of hydrogen-bond donors (Lipinski definition) is 1. The van der Waals surface area contributed by atoms with Crippen LogP contribution in [0.1, 0.15) is 56.4 Å². The molecule has 0 bridgehead atoms.